The Bertz CT molecular complexity index is 1040. The average molecular weight is 379 g/mol. The first kappa shape index (κ1) is 17.9. The summed E-state index contributed by atoms with van der Waals surface area (Å²) in [5.41, 5.74) is 3.53. The Morgan fingerprint density at radius 3 is 2.68 bits per heavy atom. The summed E-state index contributed by atoms with van der Waals surface area (Å²) in [5.74, 6) is -0.187. The minimum atomic E-state index is -0.889. The molecule has 144 valence electrons. The standard InChI is InChI=1S/C21H21N3O4/c1-28-15-7-8-18-16(11-15)17-12-23(10-9-19(17)24(18)13-20(25)26)21(27)22-14-5-3-2-4-6-14/h2-8,11H,9-10,12-13H2,1H3,(H,22,27)(H,25,26). The van der Waals surface area contributed by atoms with E-state index >= 15 is 0 Å². The van der Waals surface area contributed by atoms with Crippen LogP contribution >= 0.6 is 0 Å². The molecule has 1 aliphatic heterocycles. The smallest absolute Gasteiger partial charge is 0.323 e. The summed E-state index contributed by atoms with van der Waals surface area (Å²) in [7, 11) is 1.60. The molecule has 28 heavy (non-hydrogen) atoms. The maximum atomic E-state index is 12.7. The molecule has 2 aromatic carbocycles. The molecule has 0 radical (unpaired) electrons. The largest absolute Gasteiger partial charge is 0.497 e. The summed E-state index contributed by atoms with van der Waals surface area (Å²) >= 11 is 0. The van der Waals surface area contributed by atoms with Crippen molar-refractivity contribution in [1.29, 1.82) is 0 Å². The third-order valence-electron chi connectivity index (χ3n) is 5.07. The number of amides is 2. The Hall–Kier alpha value is -3.48. The fraction of sp³-hybridized carbons (Fsp3) is 0.238. The second kappa shape index (κ2) is 7.26. The van der Waals surface area contributed by atoms with E-state index in [-0.39, 0.29) is 12.6 Å². The first-order valence-electron chi connectivity index (χ1n) is 9.07. The van der Waals surface area contributed by atoms with E-state index in [1.807, 2.05) is 53.1 Å². The Balaban J connectivity index is 1.68. The van der Waals surface area contributed by atoms with Gasteiger partial charge in [0.25, 0.3) is 0 Å². The van der Waals surface area contributed by atoms with Gasteiger partial charge < -0.3 is 24.6 Å². The highest BCUT2D eigenvalue weighted by Gasteiger charge is 2.27. The van der Waals surface area contributed by atoms with Crippen molar-refractivity contribution in [3.05, 3.63) is 59.8 Å². The molecule has 1 aliphatic rings. The number of methoxy groups -OCH3 is 1. The van der Waals surface area contributed by atoms with Gasteiger partial charge in [-0.1, -0.05) is 18.2 Å². The van der Waals surface area contributed by atoms with Crippen LogP contribution in [-0.2, 0) is 24.3 Å². The van der Waals surface area contributed by atoms with Crippen molar-refractivity contribution in [3.63, 3.8) is 0 Å². The van der Waals surface area contributed by atoms with Crippen molar-refractivity contribution >= 4 is 28.6 Å². The fourth-order valence-corrected chi connectivity index (χ4v) is 3.77. The molecule has 0 aliphatic carbocycles. The summed E-state index contributed by atoms with van der Waals surface area (Å²) in [6, 6.07) is 14.8. The zero-order valence-electron chi connectivity index (χ0n) is 15.5. The van der Waals surface area contributed by atoms with E-state index in [0.717, 1.165) is 27.8 Å². The normalized spacial score (nSPS) is 13.2. The number of ether oxygens (including phenoxy) is 1. The first-order chi connectivity index (χ1) is 13.6. The summed E-state index contributed by atoms with van der Waals surface area (Å²) < 4.78 is 7.17. The average Bonchev–Trinajstić information content (AvgIpc) is 3.00. The van der Waals surface area contributed by atoms with Crippen molar-refractivity contribution in [2.24, 2.45) is 0 Å². The molecule has 2 heterocycles. The van der Waals surface area contributed by atoms with E-state index < -0.39 is 5.97 Å². The van der Waals surface area contributed by atoms with E-state index in [2.05, 4.69) is 5.32 Å². The maximum Gasteiger partial charge on any atom is 0.323 e. The molecule has 0 saturated carbocycles. The number of nitrogens with zero attached hydrogens (tertiary/aromatic N) is 2. The molecule has 2 amide bonds. The highest BCUT2D eigenvalue weighted by molar-refractivity contribution is 5.92. The monoisotopic (exact) mass is 379 g/mol. The molecule has 4 rings (SSSR count). The van der Waals surface area contributed by atoms with Gasteiger partial charge in [-0.15, -0.1) is 0 Å². The zero-order valence-corrected chi connectivity index (χ0v) is 15.5. The number of rotatable bonds is 4. The first-order valence-corrected chi connectivity index (χ1v) is 9.07. The molecule has 7 heteroatoms. The van der Waals surface area contributed by atoms with Crippen LogP contribution in [0.4, 0.5) is 10.5 Å². The van der Waals surface area contributed by atoms with Crippen molar-refractivity contribution in [3.8, 4) is 5.75 Å². The molecule has 0 fully saturated rings. The van der Waals surface area contributed by atoms with Gasteiger partial charge in [0.05, 0.1) is 7.11 Å². The SMILES string of the molecule is COc1ccc2c(c1)c1c(n2CC(=O)O)CCN(C(=O)Nc2ccccc2)C1. The Labute approximate surface area is 162 Å². The number of urea groups is 1. The van der Waals surface area contributed by atoms with Gasteiger partial charge in [-0.2, -0.15) is 0 Å². The van der Waals surface area contributed by atoms with Gasteiger partial charge >= 0.3 is 12.0 Å². The molecule has 0 spiro atoms. The molecule has 2 N–H and O–H groups in total. The minimum absolute atomic E-state index is 0.103. The predicted octanol–water partition coefficient (Wildman–Crippen LogP) is 3.32. The van der Waals surface area contributed by atoms with E-state index in [4.69, 9.17) is 4.74 Å². The van der Waals surface area contributed by atoms with Crippen LogP contribution in [-0.4, -0.2) is 40.2 Å². The lowest BCUT2D eigenvalue weighted by Gasteiger charge is -2.28. The number of para-hydroxylation sites is 1. The molecular weight excluding hydrogens is 358 g/mol. The third-order valence-corrected chi connectivity index (χ3v) is 5.07. The molecule has 7 nitrogen and oxygen atoms in total. The van der Waals surface area contributed by atoms with E-state index in [1.54, 1.807) is 12.0 Å². The Kier molecular flexibility index (Phi) is 4.65. The van der Waals surface area contributed by atoms with E-state index in [1.165, 1.54) is 0 Å². The van der Waals surface area contributed by atoms with Crippen LogP contribution in [0, 0.1) is 0 Å². The minimum Gasteiger partial charge on any atom is -0.497 e. The Morgan fingerprint density at radius 2 is 1.96 bits per heavy atom. The lowest BCUT2D eigenvalue weighted by Crippen LogP contribution is -2.39. The van der Waals surface area contributed by atoms with Crippen LogP contribution in [0.15, 0.2) is 48.5 Å². The quantitative estimate of drug-likeness (QED) is 0.728. The lowest BCUT2D eigenvalue weighted by molar-refractivity contribution is -0.137. The molecule has 0 bridgehead atoms. The number of carboxylic acid groups (broad SMARTS) is 1. The number of carbonyl (C=O) groups is 2. The number of carbonyl (C=O) groups excluding carboxylic acids is 1. The number of aromatic nitrogens is 1. The number of nitrogens with one attached hydrogen (secondary N) is 1. The van der Waals surface area contributed by atoms with Crippen LogP contribution < -0.4 is 10.1 Å². The predicted molar refractivity (Wildman–Crippen MR) is 106 cm³/mol. The second-order valence-electron chi connectivity index (χ2n) is 6.76. The summed E-state index contributed by atoms with van der Waals surface area (Å²) in [5, 5.41) is 13.2. The highest BCUT2D eigenvalue weighted by atomic mass is 16.5. The van der Waals surface area contributed by atoms with Crippen LogP contribution in [0.5, 0.6) is 5.75 Å². The maximum absolute atomic E-state index is 12.7. The van der Waals surface area contributed by atoms with Crippen molar-refractivity contribution in [2.45, 2.75) is 19.5 Å². The number of anilines is 1. The lowest BCUT2D eigenvalue weighted by atomic mass is 10.0. The molecule has 0 unspecified atom stereocenters. The second-order valence-corrected chi connectivity index (χ2v) is 6.76. The molecule has 3 aromatic rings. The van der Waals surface area contributed by atoms with Gasteiger partial charge in [-0.25, -0.2) is 4.79 Å². The topological polar surface area (TPSA) is 83.8 Å². The summed E-state index contributed by atoms with van der Waals surface area (Å²) in [6.45, 7) is 0.845. The van der Waals surface area contributed by atoms with Crippen LogP contribution in [0.25, 0.3) is 10.9 Å². The van der Waals surface area contributed by atoms with Gasteiger partial charge in [-0.05, 0) is 30.3 Å². The summed E-state index contributed by atoms with van der Waals surface area (Å²) in [4.78, 5) is 25.8. The van der Waals surface area contributed by atoms with Gasteiger partial charge in [0.1, 0.15) is 12.3 Å². The van der Waals surface area contributed by atoms with Crippen LogP contribution in [0.2, 0.25) is 0 Å². The Morgan fingerprint density at radius 1 is 1.18 bits per heavy atom. The third kappa shape index (κ3) is 3.26. The molecule has 1 aromatic heterocycles. The van der Waals surface area contributed by atoms with Crippen LogP contribution in [0.1, 0.15) is 11.3 Å². The number of hydrogen-bond acceptors (Lipinski definition) is 3. The van der Waals surface area contributed by atoms with Gasteiger partial charge in [0.2, 0.25) is 0 Å². The van der Waals surface area contributed by atoms with Crippen molar-refractivity contribution in [2.75, 3.05) is 19.0 Å². The number of carboxylic acids is 1. The number of benzene rings is 2. The summed E-state index contributed by atoms with van der Waals surface area (Å²) in [6.07, 6.45) is 0.599. The van der Waals surface area contributed by atoms with E-state index in [0.29, 0.717) is 25.3 Å². The number of fused-ring (bicyclic) bond motifs is 3. The number of hydrogen-bond donors (Lipinski definition) is 2. The van der Waals surface area contributed by atoms with Gasteiger partial charge in [-0.3, -0.25) is 4.79 Å². The fourth-order valence-electron chi connectivity index (χ4n) is 3.77. The molecule has 0 atom stereocenters. The molecular formula is C21H21N3O4. The number of aliphatic carboxylic acids is 1. The van der Waals surface area contributed by atoms with E-state index in [9.17, 15) is 14.7 Å². The highest BCUT2D eigenvalue weighted by Crippen LogP contribution is 2.33. The van der Waals surface area contributed by atoms with Gasteiger partial charge in [0, 0.05) is 47.4 Å². The van der Waals surface area contributed by atoms with Crippen molar-refractivity contribution in [1.82, 2.24) is 9.47 Å². The van der Waals surface area contributed by atoms with Gasteiger partial charge in [0.15, 0.2) is 0 Å². The van der Waals surface area contributed by atoms with Crippen LogP contribution in [0.3, 0.4) is 0 Å². The molecule has 0 saturated heterocycles. The zero-order chi connectivity index (χ0) is 19.7. The van der Waals surface area contributed by atoms with Crippen molar-refractivity contribution < 1.29 is 19.4 Å².